The quantitative estimate of drug-likeness (QED) is 0.793. The highest BCUT2D eigenvalue weighted by Crippen LogP contribution is 2.38. The molecule has 1 aliphatic rings. The Kier molecular flexibility index (Phi) is 5.79. The second kappa shape index (κ2) is 8.08. The number of hydrogen-bond donors (Lipinski definition) is 1. The number of hydrogen-bond acceptors (Lipinski definition) is 4. The van der Waals surface area contributed by atoms with Gasteiger partial charge in [-0.05, 0) is 61.2 Å². The number of ether oxygens (including phenoxy) is 3. The van der Waals surface area contributed by atoms with E-state index < -0.39 is 6.36 Å². The number of fused-ring (bicyclic) bond motifs is 1. The number of rotatable bonds is 6. The van der Waals surface area contributed by atoms with Crippen molar-refractivity contribution in [3.05, 3.63) is 53.1 Å². The summed E-state index contributed by atoms with van der Waals surface area (Å²) in [6, 6.07) is 9.77. The molecular weight excluding hydrogens is 359 g/mol. The van der Waals surface area contributed by atoms with Crippen LogP contribution in [0.25, 0.3) is 0 Å². The molecule has 0 aliphatic carbocycles. The second-order valence-corrected chi connectivity index (χ2v) is 6.12. The predicted octanol–water partition coefficient (Wildman–Crippen LogP) is 4.62. The van der Waals surface area contributed by atoms with E-state index in [1.807, 2.05) is 26.0 Å². The van der Waals surface area contributed by atoms with Crippen LogP contribution >= 0.6 is 0 Å². The van der Waals surface area contributed by atoms with E-state index in [2.05, 4.69) is 10.1 Å². The van der Waals surface area contributed by atoms with Crippen molar-refractivity contribution in [2.24, 2.45) is 0 Å². The summed E-state index contributed by atoms with van der Waals surface area (Å²) in [6.07, 6.45) is -3.85. The Labute approximate surface area is 156 Å². The van der Waals surface area contributed by atoms with Crippen LogP contribution in [0.2, 0.25) is 0 Å². The first-order chi connectivity index (χ1) is 12.9. The van der Waals surface area contributed by atoms with Crippen LogP contribution in [0.15, 0.2) is 36.4 Å². The predicted molar refractivity (Wildman–Crippen MR) is 95.5 cm³/mol. The van der Waals surface area contributed by atoms with Gasteiger partial charge in [-0.3, -0.25) is 0 Å². The van der Waals surface area contributed by atoms with Gasteiger partial charge in [0.25, 0.3) is 0 Å². The van der Waals surface area contributed by atoms with Crippen molar-refractivity contribution in [1.82, 2.24) is 5.32 Å². The van der Waals surface area contributed by atoms with Gasteiger partial charge >= 0.3 is 6.36 Å². The van der Waals surface area contributed by atoms with Crippen molar-refractivity contribution in [1.29, 1.82) is 0 Å². The van der Waals surface area contributed by atoms with Gasteiger partial charge in [0.2, 0.25) is 0 Å². The van der Waals surface area contributed by atoms with Crippen molar-refractivity contribution >= 4 is 0 Å². The van der Waals surface area contributed by atoms with Crippen molar-refractivity contribution in [3.63, 3.8) is 0 Å². The molecule has 0 spiro atoms. The Morgan fingerprint density at radius 3 is 2.22 bits per heavy atom. The monoisotopic (exact) mass is 381 g/mol. The van der Waals surface area contributed by atoms with Gasteiger partial charge in [0, 0.05) is 6.54 Å². The Hall–Kier alpha value is -2.41. The summed E-state index contributed by atoms with van der Waals surface area (Å²) in [4.78, 5) is 0. The lowest BCUT2D eigenvalue weighted by atomic mass is 9.89. The summed E-state index contributed by atoms with van der Waals surface area (Å²) in [5.74, 6) is 1.15. The maximum absolute atomic E-state index is 12.4. The zero-order valence-corrected chi connectivity index (χ0v) is 15.2. The fourth-order valence-electron chi connectivity index (χ4n) is 3.26. The number of alkyl halides is 3. The molecule has 0 saturated heterocycles. The van der Waals surface area contributed by atoms with Crippen LogP contribution in [0.3, 0.4) is 0 Å². The van der Waals surface area contributed by atoms with Crippen LogP contribution in [0, 0.1) is 0 Å². The lowest BCUT2D eigenvalue weighted by Crippen LogP contribution is -2.30. The molecule has 1 N–H and O–H groups in total. The molecule has 1 atom stereocenters. The third-order valence-corrected chi connectivity index (χ3v) is 4.31. The summed E-state index contributed by atoms with van der Waals surface area (Å²) in [5, 5.41) is 3.42. The fraction of sp³-hybridized carbons (Fsp3) is 0.400. The van der Waals surface area contributed by atoms with Gasteiger partial charge in [0.05, 0.1) is 19.3 Å². The zero-order chi connectivity index (χ0) is 19.4. The van der Waals surface area contributed by atoms with Crippen LogP contribution in [0.4, 0.5) is 13.2 Å². The molecule has 0 amide bonds. The van der Waals surface area contributed by atoms with Crippen LogP contribution in [0.5, 0.6) is 17.2 Å². The zero-order valence-electron chi connectivity index (χ0n) is 15.2. The third kappa shape index (κ3) is 4.66. The number of halogens is 3. The molecule has 0 aromatic heterocycles. The van der Waals surface area contributed by atoms with E-state index in [1.165, 1.54) is 12.1 Å². The normalized spacial score (nSPS) is 16.6. The molecule has 27 heavy (non-hydrogen) atoms. The maximum Gasteiger partial charge on any atom is 0.573 e. The molecule has 1 heterocycles. The van der Waals surface area contributed by atoms with Gasteiger partial charge in [-0.1, -0.05) is 12.1 Å². The summed E-state index contributed by atoms with van der Waals surface area (Å²) >= 11 is 0. The molecular formula is C20H22F3NO3. The van der Waals surface area contributed by atoms with Crippen LogP contribution in [-0.2, 0) is 6.42 Å². The minimum absolute atomic E-state index is 0.136. The molecule has 3 rings (SSSR count). The minimum Gasteiger partial charge on any atom is -0.490 e. The van der Waals surface area contributed by atoms with Gasteiger partial charge in [-0.2, -0.15) is 0 Å². The van der Waals surface area contributed by atoms with E-state index >= 15 is 0 Å². The first-order valence-corrected chi connectivity index (χ1v) is 8.92. The molecule has 2 aromatic rings. The minimum atomic E-state index is -4.70. The Morgan fingerprint density at radius 2 is 1.63 bits per heavy atom. The highest BCUT2D eigenvalue weighted by Gasteiger charge is 2.31. The molecule has 146 valence electrons. The number of nitrogens with one attached hydrogen (secondary N) is 1. The van der Waals surface area contributed by atoms with Gasteiger partial charge in [0.15, 0.2) is 11.5 Å². The van der Waals surface area contributed by atoms with Gasteiger partial charge in [-0.15, -0.1) is 13.2 Å². The second-order valence-electron chi connectivity index (χ2n) is 6.12. The molecule has 0 saturated carbocycles. The lowest BCUT2D eigenvalue weighted by Gasteiger charge is -2.29. The van der Waals surface area contributed by atoms with E-state index in [-0.39, 0.29) is 11.8 Å². The molecule has 4 nitrogen and oxygen atoms in total. The third-order valence-electron chi connectivity index (χ3n) is 4.31. The van der Waals surface area contributed by atoms with E-state index in [4.69, 9.17) is 9.47 Å². The van der Waals surface area contributed by atoms with Crippen LogP contribution in [-0.4, -0.2) is 26.1 Å². The lowest BCUT2D eigenvalue weighted by molar-refractivity contribution is -0.274. The Bertz CT molecular complexity index is 775. The van der Waals surface area contributed by atoms with Crippen LogP contribution < -0.4 is 19.5 Å². The summed E-state index contributed by atoms with van der Waals surface area (Å²) < 4.78 is 52.4. The molecule has 2 aromatic carbocycles. The summed E-state index contributed by atoms with van der Waals surface area (Å²) in [6.45, 7) is 5.65. The Morgan fingerprint density at radius 1 is 1.00 bits per heavy atom. The van der Waals surface area contributed by atoms with Crippen LogP contribution in [0.1, 0.15) is 36.6 Å². The average Bonchev–Trinajstić information content (AvgIpc) is 2.62. The van der Waals surface area contributed by atoms with E-state index in [9.17, 15) is 13.2 Å². The first kappa shape index (κ1) is 19.4. The largest absolute Gasteiger partial charge is 0.573 e. The highest BCUT2D eigenvalue weighted by atomic mass is 19.4. The van der Waals surface area contributed by atoms with E-state index in [0.29, 0.717) is 24.7 Å². The van der Waals surface area contributed by atoms with E-state index in [1.54, 1.807) is 12.1 Å². The highest BCUT2D eigenvalue weighted by molar-refractivity contribution is 5.52. The SMILES string of the molecule is CCOc1cc2c(cc1OCC)[C@@H](c1ccc(OC(F)(F)F)cc1)NCC2. The molecule has 7 heteroatoms. The van der Waals surface area contributed by atoms with Gasteiger partial charge in [0.1, 0.15) is 5.75 Å². The van der Waals surface area contributed by atoms with Crippen molar-refractivity contribution in [2.45, 2.75) is 32.7 Å². The first-order valence-electron chi connectivity index (χ1n) is 8.92. The topological polar surface area (TPSA) is 39.7 Å². The summed E-state index contributed by atoms with van der Waals surface area (Å²) in [5.41, 5.74) is 3.04. The van der Waals surface area contributed by atoms with Crippen molar-refractivity contribution in [2.75, 3.05) is 19.8 Å². The molecule has 0 fully saturated rings. The molecule has 0 radical (unpaired) electrons. The summed E-state index contributed by atoms with van der Waals surface area (Å²) in [7, 11) is 0. The van der Waals surface area contributed by atoms with Gasteiger partial charge < -0.3 is 19.5 Å². The number of benzene rings is 2. The molecule has 1 aliphatic heterocycles. The average molecular weight is 381 g/mol. The van der Waals surface area contributed by atoms with E-state index in [0.717, 1.165) is 29.7 Å². The molecule has 0 bridgehead atoms. The smallest absolute Gasteiger partial charge is 0.490 e. The maximum atomic E-state index is 12.4. The van der Waals surface area contributed by atoms with Gasteiger partial charge in [-0.25, -0.2) is 0 Å². The molecule has 0 unspecified atom stereocenters. The fourth-order valence-corrected chi connectivity index (χ4v) is 3.26. The van der Waals surface area contributed by atoms with Crippen molar-refractivity contribution < 1.29 is 27.4 Å². The Balaban J connectivity index is 1.92. The standard InChI is InChI=1S/C20H22F3NO3/c1-3-25-17-11-14-9-10-24-19(16(14)12-18(17)26-4-2)13-5-7-15(8-6-13)27-20(21,22)23/h5-8,11-12,19,24H,3-4,9-10H2,1-2H3/t19-/m1/s1. The van der Waals surface area contributed by atoms with Crippen molar-refractivity contribution in [3.8, 4) is 17.2 Å².